The zero-order valence-electron chi connectivity index (χ0n) is 14.0. The van der Waals surface area contributed by atoms with Crippen molar-refractivity contribution in [3.05, 3.63) is 71.8 Å². The average Bonchev–Trinajstić information content (AvgIpc) is 2.83. The number of para-hydroxylation sites is 1. The molecule has 1 heterocycles. The van der Waals surface area contributed by atoms with Crippen LogP contribution in [0.2, 0.25) is 0 Å². The molecule has 3 rings (SSSR count). The van der Waals surface area contributed by atoms with Crippen molar-refractivity contribution in [1.82, 2.24) is 0 Å². The Bertz CT molecular complexity index is 892. The molecular formula is C20H18N2O4. The summed E-state index contributed by atoms with van der Waals surface area (Å²) >= 11 is 0. The smallest absolute Gasteiger partial charge is 0.264 e. The molecule has 26 heavy (non-hydrogen) atoms. The molecule has 6 nitrogen and oxygen atoms in total. The summed E-state index contributed by atoms with van der Waals surface area (Å²) < 4.78 is 0. The van der Waals surface area contributed by atoms with E-state index in [4.69, 9.17) is 5.73 Å². The number of aliphatic hydroxyl groups is 1. The number of hydrogen-bond acceptors (Lipinski definition) is 4. The number of ketones is 1. The highest BCUT2D eigenvalue weighted by molar-refractivity contribution is 6.12. The van der Waals surface area contributed by atoms with Crippen LogP contribution in [0.25, 0.3) is 6.08 Å². The number of hydrogen-bond donors (Lipinski definition) is 2. The molecule has 1 atom stereocenters. The fraction of sp³-hybridized carbons (Fsp3) is 0.150. The van der Waals surface area contributed by atoms with Gasteiger partial charge in [-0.3, -0.25) is 19.3 Å². The van der Waals surface area contributed by atoms with Crippen LogP contribution in [-0.2, 0) is 20.0 Å². The van der Waals surface area contributed by atoms with Crippen molar-refractivity contribution in [3.63, 3.8) is 0 Å². The number of rotatable bonds is 6. The number of nitrogens with zero attached hydrogens (tertiary/aromatic N) is 1. The van der Waals surface area contributed by atoms with Gasteiger partial charge in [0.1, 0.15) is 6.54 Å². The van der Waals surface area contributed by atoms with Gasteiger partial charge in [-0.25, -0.2) is 0 Å². The first-order valence-electron chi connectivity index (χ1n) is 8.10. The van der Waals surface area contributed by atoms with Crippen LogP contribution in [0.15, 0.2) is 60.7 Å². The summed E-state index contributed by atoms with van der Waals surface area (Å²) in [5.41, 5.74) is 4.71. The summed E-state index contributed by atoms with van der Waals surface area (Å²) in [5.74, 6) is -1.83. The van der Waals surface area contributed by atoms with Gasteiger partial charge in [-0.1, -0.05) is 54.6 Å². The molecule has 0 saturated carbocycles. The summed E-state index contributed by atoms with van der Waals surface area (Å²) in [6.45, 7) is -0.355. The van der Waals surface area contributed by atoms with Crippen molar-refractivity contribution in [1.29, 1.82) is 0 Å². The van der Waals surface area contributed by atoms with Crippen molar-refractivity contribution in [3.8, 4) is 0 Å². The second kappa shape index (κ2) is 6.93. The van der Waals surface area contributed by atoms with Gasteiger partial charge in [0.25, 0.3) is 5.91 Å². The average molecular weight is 350 g/mol. The van der Waals surface area contributed by atoms with Gasteiger partial charge in [0, 0.05) is 5.56 Å². The normalized spacial score (nSPS) is 19.0. The van der Waals surface area contributed by atoms with Crippen LogP contribution in [0.3, 0.4) is 0 Å². The molecular weight excluding hydrogens is 332 g/mol. The number of fused-ring (bicyclic) bond motifs is 1. The van der Waals surface area contributed by atoms with Gasteiger partial charge >= 0.3 is 0 Å². The van der Waals surface area contributed by atoms with E-state index < -0.39 is 29.6 Å². The third-order valence-corrected chi connectivity index (χ3v) is 4.24. The second-order valence-electron chi connectivity index (χ2n) is 6.12. The lowest BCUT2D eigenvalue weighted by Gasteiger charge is -2.21. The van der Waals surface area contributed by atoms with Crippen molar-refractivity contribution in [2.45, 2.75) is 12.0 Å². The number of anilines is 1. The molecule has 0 unspecified atom stereocenters. The number of carbonyl (C=O) groups excluding carboxylic acids is 3. The van der Waals surface area contributed by atoms with Crippen LogP contribution in [0, 0.1) is 0 Å². The molecule has 132 valence electrons. The van der Waals surface area contributed by atoms with Crippen molar-refractivity contribution >= 4 is 29.4 Å². The molecule has 2 aromatic rings. The third kappa shape index (κ3) is 3.27. The highest BCUT2D eigenvalue weighted by atomic mass is 16.3. The first kappa shape index (κ1) is 17.6. The van der Waals surface area contributed by atoms with E-state index in [0.717, 1.165) is 10.5 Å². The van der Waals surface area contributed by atoms with E-state index in [9.17, 15) is 19.5 Å². The summed E-state index contributed by atoms with van der Waals surface area (Å²) in [7, 11) is 0. The molecule has 0 aromatic heterocycles. The molecule has 0 bridgehead atoms. The molecule has 0 fully saturated rings. The third-order valence-electron chi connectivity index (χ3n) is 4.24. The first-order chi connectivity index (χ1) is 12.4. The molecule has 0 spiro atoms. The number of allylic oxidation sites excluding steroid dienone is 1. The molecule has 0 aliphatic carbocycles. The number of carbonyl (C=O) groups is 3. The number of benzene rings is 2. The largest absolute Gasteiger partial charge is 0.375 e. The Kier molecular flexibility index (Phi) is 4.69. The Balaban J connectivity index is 1.86. The summed E-state index contributed by atoms with van der Waals surface area (Å²) in [5, 5.41) is 11.0. The van der Waals surface area contributed by atoms with E-state index in [1.54, 1.807) is 30.3 Å². The standard InChI is InChI=1S/C20H18N2O4/c21-18(24)13-22-17-9-5-4-8-16(17)20(26,19(22)25)12-15(23)11-10-14-6-2-1-3-7-14/h1-11,26H,12-13H2,(H2,21,24)/b11-10-/t20-/m1/s1. The maximum atomic E-state index is 12.7. The van der Waals surface area contributed by atoms with Crippen LogP contribution < -0.4 is 10.6 Å². The molecule has 2 amide bonds. The summed E-state index contributed by atoms with van der Waals surface area (Å²) in [6, 6.07) is 15.8. The minimum absolute atomic E-state index is 0.299. The van der Waals surface area contributed by atoms with Crippen LogP contribution in [-0.4, -0.2) is 29.2 Å². The zero-order valence-corrected chi connectivity index (χ0v) is 14.0. The SMILES string of the molecule is NC(=O)CN1C(=O)[C@@](O)(CC(=O)/C=C\c2ccccc2)c2ccccc21. The molecule has 2 aromatic carbocycles. The van der Waals surface area contributed by atoms with Crippen LogP contribution >= 0.6 is 0 Å². The highest BCUT2D eigenvalue weighted by Crippen LogP contribution is 2.42. The van der Waals surface area contributed by atoms with E-state index in [1.165, 1.54) is 6.08 Å². The molecule has 1 aliphatic heterocycles. The molecule has 6 heteroatoms. The minimum atomic E-state index is -2.01. The van der Waals surface area contributed by atoms with Crippen LogP contribution in [0.1, 0.15) is 17.5 Å². The predicted molar refractivity (Wildman–Crippen MR) is 97.0 cm³/mol. The lowest BCUT2D eigenvalue weighted by Crippen LogP contribution is -2.44. The Morgan fingerprint density at radius 1 is 1.08 bits per heavy atom. The van der Waals surface area contributed by atoms with Gasteiger partial charge in [0.2, 0.25) is 5.91 Å². The fourth-order valence-corrected chi connectivity index (χ4v) is 3.05. The minimum Gasteiger partial charge on any atom is -0.375 e. The Labute approximate surface area is 150 Å². The monoisotopic (exact) mass is 350 g/mol. The van der Waals surface area contributed by atoms with Crippen molar-refractivity contribution < 1.29 is 19.5 Å². The van der Waals surface area contributed by atoms with Crippen molar-refractivity contribution in [2.24, 2.45) is 5.73 Å². The Hall–Kier alpha value is -3.25. The Morgan fingerprint density at radius 2 is 1.73 bits per heavy atom. The maximum Gasteiger partial charge on any atom is 0.264 e. The maximum absolute atomic E-state index is 12.7. The van der Waals surface area contributed by atoms with Gasteiger partial charge in [-0.15, -0.1) is 0 Å². The summed E-state index contributed by atoms with van der Waals surface area (Å²) in [6.07, 6.45) is 2.54. The van der Waals surface area contributed by atoms with E-state index in [-0.39, 0.29) is 6.54 Å². The highest BCUT2D eigenvalue weighted by Gasteiger charge is 2.50. The van der Waals surface area contributed by atoms with Crippen LogP contribution in [0.4, 0.5) is 5.69 Å². The topological polar surface area (TPSA) is 101 Å². The van der Waals surface area contributed by atoms with Crippen molar-refractivity contribution in [2.75, 3.05) is 11.4 Å². The van der Waals surface area contributed by atoms with Gasteiger partial charge in [0.05, 0.1) is 12.1 Å². The lowest BCUT2D eigenvalue weighted by atomic mass is 9.89. The quantitative estimate of drug-likeness (QED) is 0.769. The fourth-order valence-electron chi connectivity index (χ4n) is 3.05. The van der Waals surface area contributed by atoms with E-state index in [2.05, 4.69) is 0 Å². The predicted octanol–water partition coefficient (Wildman–Crippen LogP) is 1.38. The van der Waals surface area contributed by atoms with E-state index in [0.29, 0.717) is 11.3 Å². The number of primary amides is 1. The second-order valence-corrected chi connectivity index (χ2v) is 6.12. The van der Waals surface area contributed by atoms with E-state index >= 15 is 0 Å². The molecule has 1 aliphatic rings. The Morgan fingerprint density at radius 3 is 2.42 bits per heavy atom. The van der Waals surface area contributed by atoms with E-state index in [1.807, 2.05) is 30.3 Å². The zero-order chi connectivity index (χ0) is 18.7. The summed E-state index contributed by atoms with van der Waals surface area (Å²) in [4.78, 5) is 37.5. The number of nitrogens with two attached hydrogens (primary N) is 1. The first-order valence-corrected chi connectivity index (χ1v) is 8.10. The van der Waals surface area contributed by atoms with Gasteiger partial charge < -0.3 is 10.8 Å². The molecule has 3 N–H and O–H groups in total. The van der Waals surface area contributed by atoms with Gasteiger partial charge in [-0.05, 0) is 17.7 Å². The lowest BCUT2D eigenvalue weighted by molar-refractivity contribution is -0.141. The van der Waals surface area contributed by atoms with Gasteiger partial charge in [0.15, 0.2) is 11.4 Å². The molecule has 0 radical (unpaired) electrons. The van der Waals surface area contributed by atoms with Gasteiger partial charge in [-0.2, -0.15) is 0 Å². The number of amides is 2. The van der Waals surface area contributed by atoms with Crippen LogP contribution in [0.5, 0.6) is 0 Å². The molecule has 0 saturated heterocycles.